The zero-order valence-corrected chi connectivity index (χ0v) is 15.8. The maximum atomic E-state index is 12.6. The van der Waals surface area contributed by atoms with Crippen LogP contribution in [-0.4, -0.2) is 59.8 Å². The molecule has 2 aliphatic heterocycles. The minimum Gasteiger partial charge on any atom is -0.341 e. The van der Waals surface area contributed by atoms with Crippen LogP contribution in [0.3, 0.4) is 0 Å². The van der Waals surface area contributed by atoms with Crippen molar-refractivity contribution >= 4 is 23.6 Å². The first-order valence-electron chi connectivity index (χ1n) is 9.24. The Morgan fingerprint density at radius 3 is 2.56 bits per heavy atom. The highest BCUT2D eigenvalue weighted by atomic mass is 32.2. The maximum Gasteiger partial charge on any atom is 0.242 e. The molecule has 0 unspecified atom stereocenters. The number of carbonyl (C=O) groups is 2. The second kappa shape index (κ2) is 8.75. The molecule has 1 aromatic rings. The average Bonchev–Trinajstić information content (AvgIpc) is 2.96. The Balaban J connectivity index is 1.46. The van der Waals surface area contributed by atoms with Crippen molar-refractivity contribution in [2.24, 2.45) is 11.8 Å². The molecule has 3 rings (SSSR count). The van der Waals surface area contributed by atoms with E-state index in [9.17, 15) is 9.59 Å². The van der Waals surface area contributed by atoms with Gasteiger partial charge in [-0.1, -0.05) is 30.3 Å². The van der Waals surface area contributed by atoms with Gasteiger partial charge >= 0.3 is 0 Å². The van der Waals surface area contributed by atoms with Gasteiger partial charge in [-0.05, 0) is 48.7 Å². The predicted molar refractivity (Wildman–Crippen MR) is 103 cm³/mol. The first kappa shape index (κ1) is 18.3. The van der Waals surface area contributed by atoms with Crippen LogP contribution in [0.1, 0.15) is 24.8 Å². The molecule has 2 saturated heterocycles. The molecule has 2 amide bonds. The number of amides is 2. The monoisotopic (exact) mass is 360 g/mol. The summed E-state index contributed by atoms with van der Waals surface area (Å²) in [5.41, 5.74) is 1.27. The van der Waals surface area contributed by atoms with Gasteiger partial charge in [-0.3, -0.25) is 9.59 Å². The molecule has 1 atom stereocenters. The lowest BCUT2D eigenvalue weighted by Crippen LogP contribution is -2.44. The lowest BCUT2D eigenvalue weighted by Gasteiger charge is -2.32. The van der Waals surface area contributed by atoms with E-state index in [1.165, 1.54) is 11.3 Å². The van der Waals surface area contributed by atoms with Gasteiger partial charge in [0.15, 0.2) is 0 Å². The standard InChI is InChI=1S/C20H28N2O2S/c1-25-15-17-7-9-21(10-8-17)20(24)14-22-13-18(12-19(22)23)11-16-5-3-2-4-6-16/h2-6,17-18H,7-15H2,1H3/t18-/m0/s1. The van der Waals surface area contributed by atoms with Crippen LogP contribution in [0.5, 0.6) is 0 Å². The van der Waals surface area contributed by atoms with Crippen LogP contribution < -0.4 is 0 Å². The van der Waals surface area contributed by atoms with Gasteiger partial charge in [-0.15, -0.1) is 0 Å². The van der Waals surface area contributed by atoms with E-state index >= 15 is 0 Å². The van der Waals surface area contributed by atoms with E-state index in [0.717, 1.165) is 38.3 Å². The van der Waals surface area contributed by atoms with Gasteiger partial charge in [0.25, 0.3) is 0 Å². The first-order valence-corrected chi connectivity index (χ1v) is 10.6. The summed E-state index contributed by atoms with van der Waals surface area (Å²) in [6.07, 6.45) is 5.81. The molecule has 2 fully saturated rings. The van der Waals surface area contributed by atoms with Crippen molar-refractivity contribution < 1.29 is 9.59 Å². The minimum atomic E-state index is 0.122. The number of rotatable bonds is 6. The van der Waals surface area contributed by atoms with E-state index in [-0.39, 0.29) is 18.4 Å². The van der Waals surface area contributed by atoms with Gasteiger partial charge in [0.2, 0.25) is 11.8 Å². The number of thioether (sulfide) groups is 1. The number of hydrogen-bond donors (Lipinski definition) is 0. The van der Waals surface area contributed by atoms with E-state index < -0.39 is 0 Å². The van der Waals surface area contributed by atoms with Crippen LogP contribution in [0, 0.1) is 11.8 Å². The fourth-order valence-corrected chi connectivity index (χ4v) is 4.74. The van der Waals surface area contributed by atoms with Gasteiger partial charge in [0.05, 0.1) is 6.54 Å². The molecule has 0 aliphatic carbocycles. The van der Waals surface area contributed by atoms with Crippen molar-refractivity contribution in [3.05, 3.63) is 35.9 Å². The molecular weight excluding hydrogens is 332 g/mol. The third-order valence-corrected chi connectivity index (χ3v) is 6.16. The predicted octanol–water partition coefficient (Wildman–Crippen LogP) is 2.68. The molecule has 0 saturated carbocycles. The highest BCUT2D eigenvalue weighted by molar-refractivity contribution is 7.98. The first-order chi connectivity index (χ1) is 12.2. The number of nitrogens with zero attached hydrogens (tertiary/aromatic N) is 2. The van der Waals surface area contributed by atoms with E-state index in [0.29, 0.717) is 18.9 Å². The molecule has 0 aromatic heterocycles. The van der Waals surface area contributed by atoms with Crippen molar-refractivity contribution in [2.75, 3.05) is 38.2 Å². The molecule has 25 heavy (non-hydrogen) atoms. The summed E-state index contributed by atoms with van der Waals surface area (Å²) < 4.78 is 0. The number of benzene rings is 1. The van der Waals surface area contributed by atoms with Crippen LogP contribution in [0.4, 0.5) is 0 Å². The van der Waals surface area contributed by atoms with Crippen molar-refractivity contribution in [3.8, 4) is 0 Å². The van der Waals surface area contributed by atoms with Crippen LogP contribution in [0.25, 0.3) is 0 Å². The summed E-state index contributed by atoms with van der Waals surface area (Å²) in [7, 11) is 0. The fraction of sp³-hybridized carbons (Fsp3) is 0.600. The molecule has 2 heterocycles. The highest BCUT2D eigenvalue weighted by Crippen LogP contribution is 2.23. The van der Waals surface area contributed by atoms with Crippen LogP contribution in [-0.2, 0) is 16.0 Å². The Labute approximate surface area is 154 Å². The molecule has 5 heteroatoms. The molecule has 0 radical (unpaired) electrons. The number of likely N-dealkylation sites (tertiary alicyclic amines) is 2. The Morgan fingerprint density at radius 2 is 1.88 bits per heavy atom. The third-order valence-electron chi connectivity index (χ3n) is 5.36. The molecule has 0 bridgehead atoms. The van der Waals surface area contributed by atoms with E-state index in [4.69, 9.17) is 0 Å². The van der Waals surface area contributed by atoms with Crippen LogP contribution in [0.15, 0.2) is 30.3 Å². The molecular formula is C20H28N2O2S. The minimum absolute atomic E-state index is 0.122. The molecule has 0 N–H and O–H groups in total. The summed E-state index contributed by atoms with van der Waals surface area (Å²) in [4.78, 5) is 28.6. The lowest BCUT2D eigenvalue weighted by atomic mass is 9.98. The fourth-order valence-electron chi connectivity index (χ4n) is 3.94. The average molecular weight is 361 g/mol. The Kier molecular flexibility index (Phi) is 6.40. The van der Waals surface area contributed by atoms with E-state index in [1.807, 2.05) is 34.9 Å². The third kappa shape index (κ3) is 5.00. The topological polar surface area (TPSA) is 40.6 Å². The summed E-state index contributed by atoms with van der Waals surface area (Å²) in [6.45, 7) is 2.67. The molecule has 136 valence electrons. The van der Waals surface area contributed by atoms with E-state index in [2.05, 4.69) is 18.4 Å². The van der Waals surface area contributed by atoms with Gasteiger partial charge in [-0.25, -0.2) is 0 Å². The second-order valence-electron chi connectivity index (χ2n) is 7.31. The Morgan fingerprint density at radius 1 is 1.16 bits per heavy atom. The molecule has 1 aromatic carbocycles. The van der Waals surface area contributed by atoms with E-state index in [1.54, 1.807) is 4.90 Å². The van der Waals surface area contributed by atoms with Crippen molar-refractivity contribution in [1.82, 2.24) is 9.80 Å². The summed E-state index contributed by atoms with van der Waals surface area (Å²) in [5.74, 6) is 2.51. The smallest absolute Gasteiger partial charge is 0.242 e. The highest BCUT2D eigenvalue weighted by Gasteiger charge is 2.32. The SMILES string of the molecule is CSCC1CCN(C(=O)CN2C[C@@H](Cc3ccccc3)CC2=O)CC1. The van der Waals surface area contributed by atoms with Gasteiger partial charge in [0.1, 0.15) is 0 Å². The number of carbonyl (C=O) groups excluding carboxylic acids is 2. The molecule has 2 aliphatic rings. The van der Waals surface area contributed by atoms with Gasteiger partial charge < -0.3 is 9.80 Å². The largest absolute Gasteiger partial charge is 0.341 e. The van der Waals surface area contributed by atoms with Crippen molar-refractivity contribution in [2.45, 2.75) is 25.7 Å². The Bertz CT molecular complexity index is 585. The van der Waals surface area contributed by atoms with Crippen molar-refractivity contribution in [3.63, 3.8) is 0 Å². The zero-order chi connectivity index (χ0) is 17.6. The summed E-state index contributed by atoms with van der Waals surface area (Å²) in [5, 5.41) is 0. The zero-order valence-electron chi connectivity index (χ0n) is 15.0. The Hall–Kier alpha value is -1.49. The molecule has 4 nitrogen and oxygen atoms in total. The second-order valence-corrected chi connectivity index (χ2v) is 8.22. The molecule has 0 spiro atoms. The lowest BCUT2D eigenvalue weighted by molar-refractivity contribution is -0.139. The maximum absolute atomic E-state index is 12.6. The normalized spacial score (nSPS) is 21.8. The van der Waals surface area contributed by atoms with Crippen LogP contribution >= 0.6 is 11.8 Å². The van der Waals surface area contributed by atoms with Gasteiger partial charge in [0, 0.05) is 26.1 Å². The number of hydrogen-bond acceptors (Lipinski definition) is 3. The number of piperidine rings is 1. The quantitative estimate of drug-likeness (QED) is 0.783. The van der Waals surface area contributed by atoms with Crippen LogP contribution in [0.2, 0.25) is 0 Å². The summed E-state index contributed by atoms with van der Waals surface area (Å²) >= 11 is 1.89. The van der Waals surface area contributed by atoms with Crippen molar-refractivity contribution in [1.29, 1.82) is 0 Å². The van der Waals surface area contributed by atoms with Gasteiger partial charge in [-0.2, -0.15) is 11.8 Å². The summed E-state index contributed by atoms with van der Waals surface area (Å²) in [6, 6.07) is 10.3.